The summed E-state index contributed by atoms with van der Waals surface area (Å²) in [6.07, 6.45) is 3.55. The highest BCUT2D eigenvalue weighted by Gasteiger charge is 2.45. The molecule has 7 nitrogen and oxygen atoms in total. The van der Waals surface area contributed by atoms with Crippen LogP contribution in [0.25, 0.3) is 16.8 Å². The number of nitrogens with zero attached hydrogens (tertiary/aromatic N) is 1. The van der Waals surface area contributed by atoms with Gasteiger partial charge in [-0.2, -0.15) is 0 Å². The molecule has 202 valence electrons. The molecule has 7 heteroatoms. The maximum Gasteiger partial charge on any atom is 0.359 e. The minimum absolute atomic E-state index is 0.115. The summed E-state index contributed by atoms with van der Waals surface area (Å²) in [7, 11) is 0. The van der Waals surface area contributed by atoms with E-state index >= 15 is 0 Å². The van der Waals surface area contributed by atoms with Crippen molar-refractivity contribution in [3.05, 3.63) is 108 Å². The lowest BCUT2D eigenvalue weighted by atomic mass is 9.88. The molecule has 0 bridgehead atoms. The number of hydrogen-bond donors (Lipinski definition) is 0. The minimum atomic E-state index is -1.52. The lowest BCUT2D eigenvalue weighted by Gasteiger charge is -2.35. The number of morpholine rings is 1. The van der Waals surface area contributed by atoms with Crippen molar-refractivity contribution in [3.8, 4) is 11.5 Å². The second-order valence-electron chi connectivity index (χ2n) is 9.81. The molecule has 1 saturated heterocycles. The van der Waals surface area contributed by atoms with Crippen molar-refractivity contribution in [2.75, 3.05) is 31.2 Å². The third-order valence-corrected chi connectivity index (χ3v) is 7.19. The molecular weight excluding hydrogens is 506 g/mol. The fraction of sp³-hybridized carbons (Fsp3) is 0.212. The summed E-state index contributed by atoms with van der Waals surface area (Å²) in [6.45, 7) is 4.47. The SMILES string of the molecule is CC(=O)Oc1cc2c(c3ccccc13)OC(C(=O)OCc1ccccc1)(c1ccc(N3CCOCC3)cc1)C=C2. The van der Waals surface area contributed by atoms with Gasteiger partial charge in [0, 0.05) is 47.6 Å². The Bertz CT molecular complexity index is 1570. The molecule has 0 saturated carbocycles. The molecule has 1 atom stereocenters. The van der Waals surface area contributed by atoms with E-state index in [0.29, 0.717) is 41.2 Å². The Kier molecular flexibility index (Phi) is 6.97. The summed E-state index contributed by atoms with van der Waals surface area (Å²) in [4.78, 5) is 28.0. The Hall–Kier alpha value is -4.62. The number of anilines is 1. The average molecular weight is 536 g/mol. The molecule has 0 radical (unpaired) electrons. The topological polar surface area (TPSA) is 74.3 Å². The van der Waals surface area contributed by atoms with Crippen molar-refractivity contribution in [1.82, 2.24) is 0 Å². The Labute approximate surface area is 232 Å². The Morgan fingerprint density at radius 2 is 1.60 bits per heavy atom. The molecule has 2 heterocycles. The van der Waals surface area contributed by atoms with Crippen LogP contribution in [0.5, 0.6) is 11.5 Å². The number of benzene rings is 4. The van der Waals surface area contributed by atoms with Gasteiger partial charge in [0.15, 0.2) is 0 Å². The first kappa shape index (κ1) is 25.6. The summed E-state index contributed by atoms with van der Waals surface area (Å²) in [6, 6.07) is 26.7. The van der Waals surface area contributed by atoms with Crippen LogP contribution in [-0.4, -0.2) is 38.2 Å². The van der Waals surface area contributed by atoms with E-state index in [1.54, 1.807) is 12.1 Å². The zero-order valence-corrected chi connectivity index (χ0v) is 22.2. The third-order valence-electron chi connectivity index (χ3n) is 7.19. The smallest absolute Gasteiger partial charge is 0.359 e. The van der Waals surface area contributed by atoms with Gasteiger partial charge >= 0.3 is 11.9 Å². The zero-order chi connectivity index (χ0) is 27.5. The van der Waals surface area contributed by atoms with E-state index in [0.717, 1.165) is 29.7 Å². The van der Waals surface area contributed by atoms with Crippen LogP contribution in [0.2, 0.25) is 0 Å². The second kappa shape index (κ2) is 10.9. The van der Waals surface area contributed by atoms with Crippen LogP contribution in [-0.2, 0) is 31.3 Å². The van der Waals surface area contributed by atoms with Crippen LogP contribution in [0.3, 0.4) is 0 Å². The molecule has 1 unspecified atom stereocenters. The van der Waals surface area contributed by atoms with Crippen molar-refractivity contribution in [2.45, 2.75) is 19.1 Å². The van der Waals surface area contributed by atoms with Crippen LogP contribution in [0.4, 0.5) is 5.69 Å². The maximum absolute atomic E-state index is 13.9. The highest BCUT2D eigenvalue weighted by molar-refractivity contribution is 5.99. The van der Waals surface area contributed by atoms with Crippen LogP contribution in [0.1, 0.15) is 23.6 Å². The van der Waals surface area contributed by atoms with Crippen LogP contribution >= 0.6 is 0 Å². The molecule has 0 amide bonds. The molecule has 40 heavy (non-hydrogen) atoms. The zero-order valence-electron chi connectivity index (χ0n) is 22.2. The largest absolute Gasteiger partial charge is 0.465 e. The van der Waals surface area contributed by atoms with Gasteiger partial charge < -0.3 is 23.8 Å². The van der Waals surface area contributed by atoms with Gasteiger partial charge in [-0.1, -0.05) is 72.8 Å². The molecule has 0 aliphatic carbocycles. The highest BCUT2D eigenvalue weighted by atomic mass is 16.6. The molecule has 0 N–H and O–H groups in total. The minimum Gasteiger partial charge on any atom is -0.465 e. The molecule has 2 aliphatic heterocycles. The van der Waals surface area contributed by atoms with Gasteiger partial charge in [-0.05, 0) is 29.8 Å². The normalized spacial score (nSPS) is 18.1. The van der Waals surface area contributed by atoms with E-state index in [-0.39, 0.29) is 6.61 Å². The van der Waals surface area contributed by atoms with Gasteiger partial charge in [-0.25, -0.2) is 4.79 Å². The number of fused-ring (bicyclic) bond motifs is 3. The number of carbonyl (C=O) groups is 2. The molecule has 1 fully saturated rings. The number of ether oxygens (including phenoxy) is 4. The third kappa shape index (κ3) is 4.92. The first-order valence-corrected chi connectivity index (χ1v) is 13.3. The Morgan fingerprint density at radius 1 is 0.900 bits per heavy atom. The van der Waals surface area contributed by atoms with E-state index in [4.69, 9.17) is 18.9 Å². The van der Waals surface area contributed by atoms with Crippen molar-refractivity contribution >= 4 is 34.5 Å². The lowest BCUT2D eigenvalue weighted by Crippen LogP contribution is -2.42. The summed E-state index contributed by atoms with van der Waals surface area (Å²) >= 11 is 0. The van der Waals surface area contributed by atoms with Crippen LogP contribution in [0, 0.1) is 0 Å². The fourth-order valence-electron chi connectivity index (χ4n) is 5.17. The van der Waals surface area contributed by atoms with Gasteiger partial charge in [-0.3, -0.25) is 4.79 Å². The monoisotopic (exact) mass is 535 g/mol. The lowest BCUT2D eigenvalue weighted by molar-refractivity contribution is -0.160. The van der Waals surface area contributed by atoms with E-state index in [1.807, 2.05) is 84.9 Å². The van der Waals surface area contributed by atoms with Crippen molar-refractivity contribution < 1.29 is 28.5 Å². The van der Waals surface area contributed by atoms with Gasteiger partial charge in [0.05, 0.1) is 13.2 Å². The van der Waals surface area contributed by atoms with Crippen molar-refractivity contribution in [3.63, 3.8) is 0 Å². The Morgan fingerprint density at radius 3 is 2.33 bits per heavy atom. The summed E-state index contributed by atoms with van der Waals surface area (Å²) in [5, 5.41) is 1.44. The first-order valence-electron chi connectivity index (χ1n) is 13.3. The first-order chi connectivity index (χ1) is 19.5. The summed E-state index contributed by atoms with van der Waals surface area (Å²) in [5.41, 5.74) is 1.77. The quantitative estimate of drug-likeness (QED) is 0.233. The molecular formula is C33H29NO6. The number of rotatable bonds is 6. The van der Waals surface area contributed by atoms with E-state index in [2.05, 4.69) is 4.90 Å². The van der Waals surface area contributed by atoms with Crippen molar-refractivity contribution in [1.29, 1.82) is 0 Å². The molecule has 4 aromatic carbocycles. The standard InChI is InChI=1S/C33H29NO6/c1-23(35)39-30-21-25-15-16-33(32(36)38-22-24-7-3-2-4-8-24,40-31(25)29-10-6-5-9-28(29)30)26-11-13-27(14-12-26)34-17-19-37-20-18-34/h2-16,21H,17-20,22H2,1H3. The van der Waals surface area contributed by atoms with Crippen molar-refractivity contribution in [2.24, 2.45) is 0 Å². The summed E-state index contributed by atoms with van der Waals surface area (Å²) < 4.78 is 23.5. The number of hydrogen-bond acceptors (Lipinski definition) is 7. The molecule has 2 aliphatic rings. The molecule has 4 aromatic rings. The van der Waals surface area contributed by atoms with Crippen LogP contribution < -0.4 is 14.4 Å². The van der Waals surface area contributed by atoms with Gasteiger partial charge in [0.25, 0.3) is 0 Å². The summed E-state index contributed by atoms with van der Waals surface area (Å²) in [5.74, 6) is 0.0163. The van der Waals surface area contributed by atoms with E-state index < -0.39 is 17.5 Å². The van der Waals surface area contributed by atoms with E-state index in [9.17, 15) is 9.59 Å². The maximum atomic E-state index is 13.9. The number of carbonyl (C=O) groups excluding carboxylic acids is 2. The van der Waals surface area contributed by atoms with Crippen LogP contribution in [0.15, 0.2) is 91.0 Å². The second-order valence-corrected chi connectivity index (χ2v) is 9.81. The number of esters is 2. The predicted molar refractivity (Wildman–Crippen MR) is 152 cm³/mol. The predicted octanol–water partition coefficient (Wildman–Crippen LogP) is 5.65. The van der Waals surface area contributed by atoms with E-state index in [1.165, 1.54) is 6.92 Å². The van der Waals surface area contributed by atoms with Gasteiger partial charge in [-0.15, -0.1) is 0 Å². The fourth-order valence-corrected chi connectivity index (χ4v) is 5.17. The molecule has 0 aromatic heterocycles. The molecule has 6 rings (SSSR count). The van der Waals surface area contributed by atoms with Gasteiger partial charge in [0.1, 0.15) is 18.1 Å². The average Bonchev–Trinajstić information content (AvgIpc) is 3.00. The molecule has 0 spiro atoms. The van der Waals surface area contributed by atoms with Gasteiger partial charge in [0.2, 0.25) is 5.60 Å². The Balaban J connectivity index is 1.41. The highest BCUT2D eigenvalue weighted by Crippen LogP contribution is 2.45.